The van der Waals surface area contributed by atoms with Crippen molar-refractivity contribution in [2.24, 2.45) is 5.92 Å². The van der Waals surface area contributed by atoms with Gasteiger partial charge in [-0.25, -0.2) is 4.79 Å². The van der Waals surface area contributed by atoms with E-state index in [9.17, 15) is 4.79 Å². The molecule has 1 aliphatic carbocycles. The molecule has 0 aliphatic heterocycles. The molecule has 0 bridgehead atoms. The van der Waals surface area contributed by atoms with Gasteiger partial charge in [-0.1, -0.05) is 19.8 Å². The normalized spacial score (nSPS) is 24.3. The minimum absolute atomic E-state index is 0.197. The molecule has 0 aromatic carbocycles. The number of hydrogen-bond acceptors (Lipinski definition) is 4. The number of hydrogen-bond donors (Lipinski definition) is 2. The Bertz CT molecular complexity index is 422. The molecule has 2 N–H and O–H groups in total. The Morgan fingerprint density at radius 3 is 3.00 bits per heavy atom. The molecule has 0 spiro atoms. The largest absolute Gasteiger partial charge is 0.478 e. The van der Waals surface area contributed by atoms with E-state index >= 15 is 0 Å². The van der Waals surface area contributed by atoms with E-state index in [0.29, 0.717) is 11.9 Å². The first kappa shape index (κ1) is 12.8. The molecule has 18 heavy (non-hydrogen) atoms. The van der Waals surface area contributed by atoms with Gasteiger partial charge >= 0.3 is 5.97 Å². The Hall–Kier alpha value is -1.65. The summed E-state index contributed by atoms with van der Waals surface area (Å²) in [6.45, 7) is 2.27. The average molecular weight is 249 g/mol. The minimum atomic E-state index is -0.964. The summed E-state index contributed by atoms with van der Waals surface area (Å²) in [6.07, 6.45) is 7.16. The van der Waals surface area contributed by atoms with E-state index in [2.05, 4.69) is 22.4 Å². The number of aromatic nitrogens is 2. The molecule has 1 saturated carbocycles. The summed E-state index contributed by atoms with van der Waals surface area (Å²) in [5, 5.41) is 20.0. The molecule has 1 aliphatic rings. The van der Waals surface area contributed by atoms with Gasteiger partial charge in [-0.15, -0.1) is 5.10 Å². The number of carbonyl (C=O) groups is 1. The van der Waals surface area contributed by atoms with Crippen LogP contribution in [0.2, 0.25) is 0 Å². The van der Waals surface area contributed by atoms with Gasteiger partial charge in [0.15, 0.2) is 5.82 Å². The third-order valence-corrected chi connectivity index (χ3v) is 3.55. The van der Waals surface area contributed by atoms with Crippen molar-refractivity contribution < 1.29 is 9.90 Å². The lowest BCUT2D eigenvalue weighted by atomic mass is 10.0. The molecular weight excluding hydrogens is 230 g/mol. The van der Waals surface area contributed by atoms with Crippen molar-refractivity contribution in [3.8, 4) is 0 Å². The number of nitrogens with zero attached hydrogens (tertiary/aromatic N) is 2. The van der Waals surface area contributed by atoms with Gasteiger partial charge in [0.05, 0.1) is 6.20 Å². The molecular formula is C13H19N3O2. The van der Waals surface area contributed by atoms with Crippen molar-refractivity contribution in [1.82, 2.24) is 10.2 Å². The number of carboxylic acids is 1. The van der Waals surface area contributed by atoms with Crippen LogP contribution in [0.15, 0.2) is 12.3 Å². The molecule has 1 fully saturated rings. The van der Waals surface area contributed by atoms with E-state index < -0.39 is 5.97 Å². The van der Waals surface area contributed by atoms with Crippen molar-refractivity contribution in [3.63, 3.8) is 0 Å². The third-order valence-electron chi connectivity index (χ3n) is 3.55. The Morgan fingerprint density at radius 1 is 1.39 bits per heavy atom. The predicted molar refractivity (Wildman–Crippen MR) is 68.7 cm³/mol. The smallest absolute Gasteiger partial charge is 0.339 e. The fourth-order valence-electron chi connectivity index (χ4n) is 2.44. The maximum Gasteiger partial charge on any atom is 0.339 e. The molecule has 5 nitrogen and oxygen atoms in total. The van der Waals surface area contributed by atoms with Crippen LogP contribution in [0.5, 0.6) is 0 Å². The first-order chi connectivity index (χ1) is 8.66. The van der Waals surface area contributed by atoms with Crippen LogP contribution in [0.1, 0.15) is 49.4 Å². The molecule has 1 heterocycles. The molecule has 98 valence electrons. The predicted octanol–water partition coefficient (Wildman–Crippen LogP) is 2.56. The second kappa shape index (κ2) is 5.80. The summed E-state index contributed by atoms with van der Waals surface area (Å²) in [7, 11) is 0. The van der Waals surface area contributed by atoms with E-state index in [-0.39, 0.29) is 5.56 Å². The van der Waals surface area contributed by atoms with Crippen molar-refractivity contribution in [1.29, 1.82) is 0 Å². The van der Waals surface area contributed by atoms with Gasteiger partial charge in [0, 0.05) is 6.04 Å². The summed E-state index contributed by atoms with van der Waals surface area (Å²) < 4.78 is 0. The summed E-state index contributed by atoms with van der Waals surface area (Å²) in [4.78, 5) is 11.1. The van der Waals surface area contributed by atoms with E-state index in [1.165, 1.54) is 31.5 Å². The highest BCUT2D eigenvalue weighted by molar-refractivity contribution is 5.92. The molecule has 2 atom stereocenters. The highest BCUT2D eigenvalue weighted by atomic mass is 16.4. The SMILES string of the molecule is CC1CCCC(Nc2nnccc2C(=O)O)CC1. The number of nitrogens with one attached hydrogen (secondary N) is 1. The van der Waals surface area contributed by atoms with Crippen LogP contribution in [0, 0.1) is 5.92 Å². The fraction of sp³-hybridized carbons (Fsp3) is 0.615. The Morgan fingerprint density at radius 2 is 2.22 bits per heavy atom. The van der Waals surface area contributed by atoms with Gasteiger partial charge in [-0.3, -0.25) is 0 Å². The minimum Gasteiger partial charge on any atom is -0.478 e. The highest BCUT2D eigenvalue weighted by Gasteiger charge is 2.19. The van der Waals surface area contributed by atoms with Crippen molar-refractivity contribution in [2.75, 3.05) is 5.32 Å². The van der Waals surface area contributed by atoms with Gasteiger partial charge in [-0.05, 0) is 31.2 Å². The second-order valence-corrected chi connectivity index (χ2v) is 5.05. The number of carboxylic acid groups (broad SMARTS) is 1. The van der Waals surface area contributed by atoms with Gasteiger partial charge in [0.25, 0.3) is 0 Å². The van der Waals surface area contributed by atoms with Crippen LogP contribution in [0.4, 0.5) is 5.82 Å². The molecule has 0 saturated heterocycles. The lowest BCUT2D eigenvalue weighted by Crippen LogP contribution is -2.21. The summed E-state index contributed by atoms with van der Waals surface area (Å²) >= 11 is 0. The number of anilines is 1. The van der Waals surface area contributed by atoms with Crippen molar-refractivity contribution >= 4 is 11.8 Å². The lowest BCUT2D eigenvalue weighted by molar-refractivity contribution is 0.0697. The highest BCUT2D eigenvalue weighted by Crippen LogP contribution is 2.25. The zero-order valence-corrected chi connectivity index (χ0v) is 10.6. The van der Waals surface area contributed by atoms with Crippen LogP contribution >= 0.6 is 0 Å². The standard InChI is InChI=1S/C13H19N3O2/c1-9-3-2-4-10(6-5-9)15-12-11(13(17)18)7-8-14-16-12/h7-10H,2-6H2,1H3,(H,15,16)(H,17,18). The van der Waals surface area contributed by atoms with Crippen molar-refractivity contribution in [3.05, 3.63) is 17.8 Å². The molecule has 5 heteroatoms. The average Bonchev–Trinajstić information content (AvgIpc) is 2.55. The summed E-state index contributed by atoms with van der Waals surface area (Å²) in [6, 6.07) is 1.79. The first-order valence-electron chi connectivity index (χ1n) is 6.48. The van der Waals surface area contributed by atoms with E-state index in [0.717, 1.165) is 18.8 Å². The molecule has 2 unspecified atom stereocenters. The van der Waals surface area contributed by atoms with Crippen LogP contribution < -0.4 is 5.32 Å². The summed E-state index contributed by atoms with van der Waals surface area (Å²) in [5.41, 5.74) is 0.197. The molecule has 2 rings (SSSR count). The molecule has 0 radical (unpaired) electrons. The van der Waals surface area contributed by atoms with E-state index in [1.807, 2.05) is 0 Å². The fourth-order valence-corrected chi connectivity index (χ4v) is 2.44. The van der Waals surface area contributed by atoms with Gasteiger partial charge in [0.1, 0.15) is 5.56 Å². The quantitative estimate of drug-likeness (QED) is 0.805. The van der Waals surface area contributed by atoms with Crippen LogP contribution in [-0.4, -0.2) is 27.3 Å². The van der Waals surface area contributed by atoms with Gasteiger partial charge in [0.2, 0.25) is 0 Å². The second-order valence-electron chi connectivity index (χ2n) is 5.05. The van der Waals surface area contributed by atoms with Gasteiger partial charge < -0.3 is 10.4 Å². The number of aromatic carboxylic acids is 1. The Balaban J connectivity index is 2.06. The maximum atomic E-state index is 11.1. The maximum absolute atomic E-state index is 11.1. The van der Waals surface area contributed by atoms with Gasteiger partial charge in [-0.2, -0.15) is 5.10 Å². The Kier molecular flexibility index (Phi) is 4.12. The topological polar surface area (TPSA) is 75.1 Å². The molecule has 0 amide bonds. The Labute approximate surface area is 107 Å². The zero-order chi connectivity index (χ0) is 13.0. The van der Waals surface area contributed by atoms with E-state index in [1.54, 1.807) is 0 Å². The van der Waals surface area contributed by atoms with Crippen LogP contribution in [-0.2, 0) is 0 Å². The van der Waals surface area contributed by atoms with Crippen molar-refractivity contribution in [2.45, 2.75) is 45.1 Å². The summed E-state index contributed by atoms with van der Waals surface area (Å²) in [5.74, 6) is 0.191. The van der Waals surface area contributed by atoms with Crippen LogP contribution in [0.25, 0.3) is 0 Å². The molecule has 1 aromatic heterocycles. The third kappa shape index (κ3) is 3.18. The first-order valence-corrected chi connectivity index (χ1v) is 6.48. The van der Waals surface area contributed by atoms with E-state index in [4.69, 9.17) is 5.11 Å². The monoisotopic (exact) mass is 249 g/mol. The lowest BCUT2D eigenvalue weighted by Gasteiger charge is -2.17. The molecule has 1 aromatic rings. The number of rotatable bonds is 3. The van der Waals surface area contributed by atoms with Crippen LogP contribution in [0.3, 0.4) is 0 Å². The zero-order valence-electron chi connectivity index (χ0n) is 10.6.